The fourth-order valence-electron chi connectivity index (χ4n) is 1.61. The van der Waals surface area contributed by atoms with Crippen molar-refractivity contribution < 1.29 is 19.3 Å². The van der Waals surface area contributed by atoms with Gasteiger partial charge < -0.3 is 14.9 Å². The minimum absolute atomic E-state index is 0.0288. The average Bonchev–Trinajstić information content (AvgIpc) is 2.97. The molecule has 0 unspecified atom stereocenters. The summed E-state index contributed by atoms with van der Waals surface area (Å²) in [5.41, 5.74) is -0.640. The highest BCUT2D eigenvalue weighted by molar-refractivity contribution is 6.31. The van der Waals surface area contributed by atoms with Gasteiger partial charge in [-0.1, -0.05) is 11.6 Å². The van der Waals surface area contributed by atoms with Crippen molar-refractivity contribution in [2.24, 2.45) is 0 Å². The first-order valence-corrected chi connectivity index (χ1v) is 5.31. The van der Waals surface area contributed by atoms with Gasteiger partial charge in [-0.3, -0.25) is 0 Å². The van der Waals surface area contributed by atoms with Crippen molar-refractivity contribution in [3.63, 3.8) is 0 Å². The van der Waals surface area contributed by atoms with Crippen LogP contribution in [0.3, 0.4) is 0 Å². The molecule has 2 rings (SSSR count). The van der Waals surface area contributed by atoms with E-state index in [0.717, 1.165) is 6.07 Å². The molecule has 3 nitrogen and oxygen atoms in total. The van der Waals surface area contributed by atoms with Crippen molar-refractivity contribution >= 4 is 11.6 Å². The molecule has 0 bridgehead atoms. The third-order valence-corrected chi connectivity index (χ3v) is 3.21. The van der Waals surface area contributed by atoms with Crippen LogP contribution < -0.4 is 4.74 Å². The number of methoxy groups -OCH3 is 1. The quantitative estimate of drug-likeness (QED) is 0.860. The Bertz CT molecular complexity index is 430. The van der Waals surface area contributed by atoms with Gasteiger partial charge in [0.05, 0.1) is 17.7 Å². The molecule has 1 saturated carbocycles. The van der Waals surface area contributed by atoms with Crippen molar-refractivity contribution in [3.8, 4) is 11.5 Å². The van der Waals surface area contributed by atoms with Gasteiger partial charge in [0.1, 0.15) is 5.82 Å². The molecule has 0 aromatic heterocycles. The summed E-state index contributed by atoms with van der Waals surface area (Å²) in [6, 6.07) is 1.03. The second-order valence-corrected chi connectivity index (χ2v) is 4.48. The van der Waals surface area contributed by atoms with Crippen molar-refractivity contribution in [1.82, 2.24) is 0 Å². The summed E-state index contributed by atoms with van der Waals surface area (Å²) < 4.78 is 18.2. The lowest BCUT2D eigenvalue weighted by Crippen LogP contribution is -2.12. The van der Waals surface area contributed by atoms with E-state index in [0.29, 0.717) is 12.8 Å². The molecule has 0 aliphatic heterocycles. The Morgan fingerprint density at radius 3 is 2.69 bits per heavy atom. The number of ether oxygens (including phenoxy) is 1. The van der Waals surface area contributed by atoms with E-state index in [2.05, 4.69) is 0 Å². The van der Waals surface area contributed by atoms with Crippen LogP contribution in [0.4, 0.5) is 4.39 Å². The highest BCUT2D eigenvalue weighted by Gasteiger charge is 2.42. The van der Waals surface area contributed by atoms with E-state index in [4.69, 9.17) is 16.3 Å². The maximum atomic E-state index is 13.4. The molecule has 1 aliphatic rings. The Morgan fingerprint density at radius 1 is 1.56 bits per heavy atom. The van der Waals surface area contributed by atoms with Crippen LogP contribution in [-0.2, 0) is 6.42 Å². The number of phenols is 1. The standard InChI is InChI=1S/C11H12ClFO3/c1-16-8-4-7(13)9(12)6(10(8)14)5-11(15)2-3-11/h4,14-15H,2-3,5H2,1H3. The number of hydrogen-bond donors (Lipinski definition) is 2. The molecule has 0 spiro atoms. The Kier molecular flexibility index (Phi) is 2.72. The van der Waals surface area contributed by atoms with E-state index in [1.54, 1.807) is 0 Å². The van der Waals surface area contributed by atoms with E-state index < -0.39 is 11.4 Å². The first-order chi connectivity index (χ1) is 7.47. The van der Waals surface area contributed by atoms with Crippen molar-refractivity contribution in [2.45, 2.75) is 24.9 Å². The highest BCUT2D eigenvalue weighted by Crippen LogP contribution is 2.45. The minimum atomic E-state index is -0.847. The second kappa shape index (κ2) is 3.79. The summed E-state index contributed by atoms with van der Waals surface area (Å²) in [7, 11) is 1.33. The number of hydrogen-bond acceptors (Lipinski definition) is 3. The predicted octanol–water partition coefficient (Wildman–Crippen LogP) is 2.26. The first-order valence-electron chi connectivity index (χ1n) is 4.93. The fraction of sp³-hybridized carbons (Fsp3) is 0.455. The Hall–Kier alpha value is -1.00. The lowest BCUT2D eigenvalue weighted by molar-refractivity contribution is 0.149. The third-order valence-electron chi connectivity index (χ3n) is 2.80. The average molecular weight is 247 g/mol. The van der Waals surface area contributed by atoms with Crippen LogP contribution in [0.2, 0.25) is 5.02 Å². The maximum absolute atomic E-state index is 13.4. The second-order valence-electron chi connectivity index (χ2n) is 4.10. The zero-order chi connectivity index (χ0) is 11.9. The maximum Gasteiger partial charge on any atom is 0.163 e. The largest absolute Gasteiger partial charge is 0.504 e. The Labute approximate surface area is 97.4 Å². The zero-order valence-electron chi connectivity index (χ0n) is 8.76. The topological polar surface area (TPSA) is 49.7 Å². The SMILES string of the molecule is COc1cc(F)c(Cl)c(CC2(O)CC2)c1O. The summed E-state index contributed by atoms with van der Waals surface area (Å²) in [5, 5.41) is 19.4. The molecule has 1 fully saturated rings. The van der Waals surface area contributed by atoms with E-state index in [-0.39, 0.29) is 28.5 Å². The van der Waals surface area contributed by atoms with Gasteiger partial charge in [-0.05, 0) is 12.8 Å². The zero-order valence-corrected chi connectivity index (χ0v) is 9.51. The van der Waals surface area contributed by atoms with Gasteiger partial charge in [-0.25, -0.2) is 4.39 Å². The monoisotopic (exact) mass is 246 g/mol. The Balaban J connectivity index is 2.44. The fourth-order valence-corrected chi connectivity index (χ4v) is 1.82. The molecule has 2 N–H and O–H groups in total. The number of rotatable bonds is 3. The molecule has 0 saturated heterocycles. The smallest absolute Gasteiger partial charge is 0.163 e. The van der Waals surface area contributed by atoms with Gasteiger partial charge in [0, 0.05) is 18.1 Å². The molecule has 0 heterocycles. The Morgan fingerprint density at radius 2 is 2.19 bits per heavy atom. The molecular weight excluding hydrogens is 235 g/mol. The normalized spacial score (nSPS) is 17.2. The summed E-state index contributed by atoms with van der Waals surface area (Å²) in [6.07, 6.45) is 1.43. The molecule has 1 aliphatic carbocycles. The van der Waals surface area contributed by atoms with E-state index in [1.807, 2.05) is 0 Å². The summed E-state index contributed by atoms with van der Waals surface area (Å²) in [5.74, 6) is -0.828. The van der Waals surface area contributed by atoms with Crippen molar-refractivity contribution in [3.05, 3.63) is 22.5 Å². The van der Waals surface area contributed by atoms with Crippen LogP contribution in [-0.4, -0.2) is 22.9 Å². The number of halogens is 2. The molecule has 16 heavy (non-hydrogen) atoms. The van der Waals surface area contributed by atoms with Gasteiger partial charge in [-0.2, -0.15) is 0 Å². The van der Waals surface area contributed by atoms with Crippen LogP contribution in [0.5, 0.6) is 11.5 Å². The molecule has 0 amide bonds. The van der Waals surface area contributed by atoms with Gasteiger partial charge in [0.2, 0.25) is 0 Å². The number of aromatic hydroxyl groups is 1. The van der Waals surface area contributed by atoms with Gasteiger partial charge in [0.25, 0.3) is 0 Å². The third kappa shape index (κ3) is 1.95. The lowest BCUT2D eigenvalue weighted by atomic mass is 10.0. The molecule has 1 aromatic rings. The summed E-state index contributed by atoms with van der Waals surface area (Å²) in [6.45, 7) is 0. The van der Waals surface area contributed by atoms with E-state index in [9.17, 15) is 14.6 Å². The lowest BCUT2D eigenvalue weighted by Gasteiger charge is -2.14. The van der Waals surface area contributed by atoms with Gasteiger partial charge >= 0.3 is 0 Å². The summed E-state index contributed by atoms with van der Waals surface area (Å²) >= 11 is 5.76. The molecule has 0 radical (unpaired) electrons. The molecule has 0 atom stereocenters. The van der Waals surface area contributed by atoms with Crippen molar-refractivity contribution in [1.29, 1.82) is 0 Å². The highest BCUT2D eigenvalue weighted by atomic mass is 35.5. The van der Waals surface area contributed by atoms with Crippen LogP contribution in [0, 0.1) is 5.82 Å². The van der Waals surface area contributed by atoms with E-state index >= 15 is 0 Å². The van der Waals surface area contributed by atoms with Crippen molar-refractivity contribution in [2.75, 3.05) is 7.11 Å². The number of phenolic OH excluding ortho intramolecular Hbond substituents is 1. The van der Waals surface area contributed by atoms with Crippen LogP contribution in [0.25, 0.3) is 0 Å². The molecule has 5 heteroatoms. The van der Waals surface area contributed by atoms with E-state index in [1.165, 1.54) is 7.11 Å². The minimum Gasteiger partial charge on any atom is -0.504 e. The number of benzene rings is 1. The van der Waals surface area contributed by atoms with Gasteiger partial charge in [-0.15, -0.1) is 0 Å². The predicted molar refractivity (Wildman–Crippen MR) is 57.5 cm³/mol. The summed E-state index contributed by atoms with van der Waals surface area (Å²) in [4.78, 5) is 0. The van der Waals surface area contributed by atoms with Crippen LogP contribution in [0.15, 0.2) is 6.07 Å². The molecular formula is C11H12ClFO3. The van der Waals surface area contributed by atoms with Crippen LogP contribution in [0.1, 0.15) is 18.4 Å². The van der Waals surface area contributed by atoms with Gasteiger partial charge in [0.15, 0.2) is 11.5 Å². The van der Waals surface area contributed by atoms with Crippen LogP contribution >= 0.6 is 11.6 Å². The first kappa shape index (κ1) is 11.5. The molecule has 88 valence electrons. The number of aliphatic hydroxyl groups is 1. The molecule has 1 aromatic carbocycles.